The molecule has 0 aliphatic heterocycles. The van der Waals surface area contributed by atoms with Gasteiger partial charge in [-0.15, -0.1) is 11.3 Å². The Hall–Kier alpha value is -1.68. The Morgan fingerprint density at radius 2 is 1.93 bits per heavy atom. The maximum absolute atomic E-state index is 10.4. The van der Waals surface area contributed by atoms with Gasteiger partial charge in [0.05, 0.1) is 4.92 Å². The number of non-ortho nitro benzene ring substituents is 1. The van der Waals surface area contributed by atoms with Crippen LogP contribution in [0.25, 0.3) is 0 Å². The van der Waals surface area contributed by atoms with Gasteiger partial charge in [-0.3, -0.25) is 10.1 Å². The summed E-state index contributed by atoms with van der Waals surface area (Å²) in [5.74, 6) is 0. The highest BCUT2D eigenvalue weighted by atomic mass is 32.1. The zero-order valence-electron chi connectivity index (χ0n) is 7.92. The molecular weight excluding hydrogens is 210 g/mol. The third-order valence-electron chi connectivity index (χ3n) is 2.11. The van der Waals surface area contributed by atoms with Gasteiger partial charge < -0.3 is 0 Å². The first-order chi connectivity index (χ1) is 7.25. The van der Waals surface area contributed by atoms with E-state index in [-0.39, 0.29) is 10.6 Å². The summed E-state index contributed by atoms with van der Waals surface area (Å²) in [6, 6.07) is 10.8. The Morgan fingerprint density at radius 1 is 1.20 bits per heavy atom. The molecule has 0 radical (unpaired) electrons. The van der Waals surface area contributed by atoms with Crippen molar-refractivity contribution in [3.8, 4) is 0 Å². The monoisotopic (exact) mass is 219 g/mol. The average molecular weight is 219 g/mol. The van der Waals surface area contributed by atoms with Crippen molar-refractivity contribution < 1.29 is 4.92 Å². The van der Waals surface area contributed by atoms with E-state index in [1.54, 1.807) is 35.6 Å². The van der Waals surface area contributed by atoms with Crippen molar-refractivity contribution in [1.29, 1.82) is 0 Å². The zero-order chi connectivity index (χ0) is 10.7. The predicted octanol–water partition coefficient (Wildman–Crippen LogP) is 3.25. The van der Waals surface area contributed by atoms with Crippen molar-refractivity contribution >= 4 is 17.0 Å². The van der Waals surface area contributed by atoms with Crippen LogP contribution in [0.1, 0.15) is 10.4 Å². The molecule has 3 nitrogen and oxygen atoms in total. The lowest BCUT2D eigenvalue weighted by Gasteiger charge is -1.97. The molecule has 0 N–H and O–H groups in total. The van der Waals surface area contributed by atoms with Crippen molar-refractivity contribution in [2.45, 2.75) is 6.42 Å². The van der Waals surface area contributed by atoms with Crippen molar-refractivity contribution in [2.24, 2.45) is 0 Å². The first kappa shape index (κ1) is 9.86. The Morgan fingerprint density at radius 3 is 2.47 bits per heavy atom. The normalized spacial score (nSPS) is 10.1. The number of rotatable bonds is 3. The van der Waals surface area contributed by atoms with Gasteiger partial charge in [-0.1, -0.05) is 18.2 Å². The molecule has 0 aliphatic carbocycles. The number of benzene rings is 1. The maximum atomic E-state index is 10.4. The number of nitro benzene ring substituents is 1. The Kier molecular flexibility index (Phi) is 2.78. The molecule has 76 valence electrons. The highest BCUT2D eigenvalue weighted by Gasteiger charge is 2.04. The van der Waals surface area contributed by atoms with Gasteiger partial charge >= 0.3 is 0 Å². The lowest BCUT2D eigenvalue weighted by molar-refractivity contribution is -0.384. The molecular formula is C11H9NO2S. The minimum atomic E-state index is -0.380. The van der Waals surface area contributed by atoms with Crippen LogP contribution in [0.3, 0.4) is 0 Å². The van der Waals surface area contributed by atoms with Gasteiger partial charge in [0.1, 0.15) is 0 Å². The molecule has 1 aromatic heterocycles. The quantitative estimate of drug-likeness (QED) is 0.587. The summed E-state index contributed by atoms with van der Waals surface area (Å²) in [5, 5.41) is 12.5. The summed E-state index contributed by atoms with van der Waals surface area (Å²) < 4.78 is 0. The van der Waals surface area contributed by atoms with Gasteiger partial charge in [0.25, 0.3) is 5.69 Å². The van der Waals surface area contributed by atoms with Crippen molar-refractivity contribution in [1.82, 2.24) is 0 Å². The molecule has 4 heteroatoms. The number of nitro groups is 1. The molecule has 2 rings (SSSR count). The van der Waals surface area contributed by atoms with Crippen LogP contribution in [0, 0.1) is 10.1 Å². The van der Waals surface area contributed by atoms with Crippen LogP contribution >= 0.6 is 11.3 Å². The summed E-state index contributed by atoms with van der Waals surface area (Å²) in [6.07, 6.45) is 0.843. The SMILES string of the molecule is O=[N+]([O-])c1ccc(Cc2cccs2)cc1. The zero-order valence-corrected chi connectivity index (χ0v) is 8.74. The van der Waals surface area contributed by atoms with E-state index in [0.717, 1.165) is 12.0 Å². The number of nitrogens with zero attached hydrogens (tertiary/aromatic N) is 1. The summed E-state index contributed by atoms with van der Waals surface area (Å²) in [6.45, 7) is 0. The summed E-state index contributed by atoms with van der Waals surface area (Å²) in [7, 11) is 0. The van der Waals surface area contributed by atoms with Gasteiger partial charge in [0.2, 0.25) is 0 Å². The van der Waals surface area contributed by atoms with E-state index in [1.165, 1.54) is 4.88 Å². The van der Waals surface area contributed by atoms with E-state index in [0.29, 0.717) is 0 Å². The molecule has 0 amide bonds. The molecule has 0 bridgehead atoms. The van der Waals surface area contributed by atoms with Gasteiger partial charge in [-0.25, -0.2) is 0 Å². The fourth-order valence-corrected chi connectivity index (χ4v) is 2.09. The van der Waals surface area contributed by atoms with Crippen LogP contribution in [-0.4, -0.2) is 4.92 Å². The summed E-state index contributed by atoms with van der Waals surface area (Å²) in [4.78, 5) is 11.3. The average Bonchev–Trinajstić information content (AvgIpc) is 2.71. The van der Waals surface area contributed by atoms with Gasteiger partial charge in [0.15, 0.2) is 0 Å². The lowest BCUT2D eigenvalue weighted by Crippen LogP contribution is -1.89. The smallest absolute Gasteiger partial charge is 0.258 e. The predicted molar refractivity (Wildman–Crippen MR) is 60.2 cm³/mol. The summed E-state index contributed by atoms with van der Waals surface area (Å²) >= 11 is 1.69. The molecule has 0 fully saturated rings. The van der Waals surface area contributed by atoms with Crippen molar-refractivity contribution in [3.05, 3.63) is 62.3 Å². The van der Waals surface area contributed by atoms with Crippen LogP contribution in [0.2, 0.25) is 0 Å². The third kappa shape index (κ3) is 2.41. The molecule has 15 heavy (non-hydrogen) atoms. The molecule has 0 unspecified atom stereocenters. The molecule has 0 saturated heterocycles. The highest BCUT2D eigenvalue weighted by Crippen LogP contribution is 2.17. The molecule has 1 heterocycles. The van der Waals surface area contributed by atoms with Crippen LogP contribution in [0.15, 0.2) is 41.8 Å². The number of thiophene rings is 1. The Bertz CT molecular complexity index is 448. The van der Waals surface area contributed by atoms with E-state index < -0.39 is 0 Å². The third-order valence-corrected chi connectivity index (χ3v) is 2.98. The number of hydrogen-bond donors (Lipinski definition) is 0. The fourth-order valence-electron chi connectivity index (χ4n) is 1.35. The first-order valence-corrected chi connectivity index (χ1v) is 5.39. The van der Waals surface area contributed by atoms with Crippen molar-refractivity contribution in [2.75, 3.05) is 0 Å². The molecule has 0 saturated carbocycles. The van der Waals surface area contributed by atoms with E-state index in [2.05, 4.69) is 6.07 Å². The van der Waals surface area contributed by atoms with E-state index >= 15 is 0 Å². The topological polar surface area (TPSA) is 43.1 Å². The second-order valence-electron chi connectivity index (χ2n) is 3.18. The minimum Gasteiger partial charge on any atom is -0.258 e. The van der Waals surface area contributed by atoms with Crippen molar-refractivity contribution in [3.63, 3.8) is 0 Å². The molecule has 1 aromatic carbocycles. The van der Waals surface area contributed by atoms with Crippen LogP contribution in [0.5, 0.6) is 0 Å². The van der Waals surface area contributed by atoms with Gasteiger partial charge in [-0.2, -0.15) is 0 Å². The molecule has 2 aromatic rings. The second-order valence-corrected chi connectivity index (χ2v) is 4.21. The maximum Gasteiger partial charge on any atom is 0.269 e. The number of hydrogen-bond acceptors (Lipinski definition) is 3. The van der Waals surface area contributed by atoms with E-state index in [1.807, 2.05) is 11.4 Å². The largest absolute Gasteiger partial charge is 0.269 e. The molecule has 0 atom stereocenters. The van der Waals surface area contributed by atoms with Crippen LogP contribution < -0.4 is 0 Å². The van der Waals surface area contributed by atoms with E-state index in [4.69, 9.17) is 0 Å². The standard InChI is InChI=1S/C11H9NO2S/c13-12(14)10-5-3-9(4-6-10)8-11-2-1-7-15-11/h1-7H,8H2. The van der Waals surface area contributed by atoms with E-state index in [9.17, 15) is 10.1 Å². The minimum absolute atomic E-state index is 0.143. The summed E-state index contributed by atoms with van der Waals surface area (Å²) in [5.41, 5.74) is 1.24. The van der Waals surface area contributed by atoms with Crippen LogP contribution in [-0.2, 0) is 6.42 Å². The fraction of sp³-hybridized carbons (Fsp3) is 0.0909. The Labute approximate surface area is 91.1 Å². The van der Waals surface area contributed by atoms with Gasteiger partial charge in [0, 0.05) is 23.4 Å². The molecule has 0 aliphatic rings. The Balaban J connectivity index is 2.14. The second kappa shape index (κ2) is 4.23. The molecule has 0 spiro atoms. The van der Waals surface area contributed by atoms with Gasteiger partial charge in [-0.05, 0) is 17.0 Å². The highest BCUT2D eigenvalue weighted by molar-refractivity contribution is 7.09. The first-order valence-electron chi connectivity index (χ1n) is 4.51. The van der Waals surface area contributed by atoms with Crippen LogP contribution in [0.4, 0.5) is 5.69 Å². The lowest BCUT2D eigenvalue weighted by atomic mass is 10.1.